The molecule has 4 rings (SSSR count). The first-order chi connectivity index (χ1) is 14.7. The van der Waals surface area contributed by atoms with Crippen molar-refractivity contribution >= 4 is 33.9 Å². The number of hydrogen-bond donors (Lipinski definition) is 1. The minimum atomic E-state index is -0.882. The topological polar surface area (TPSA) is 83.4 Å². The van der Waals surface area contributed by atoms with Gasteiger partial charge in [-0.15, -0.1) is 10.2 Å². The van der Waals surface area contributed by atoms with Gasteiger partial charge < -0.3 is 5.11 Å². The number of aliphatic hydroxyl groups excluding tert-OH is 1. The van der Waals surface area contributed by atoms with Crippen molar-refractivity contribution in [3.8, 4) is 0 Å². The minimum Gasteiger partial charge on any atom is -0.507 e. The highest BCUT2D eigenvalue weighted by molar-refractivity contribution is 7.13. The van der Waals surface area contributed by atoms with Crippen LogP contribution in [0.15, 0.2) is 59.6 Å². The minimum absolute atomic E-state index is 0.0738. The van der Waals surface area contributed by atoms with Crippen LogP contribution in [0.4, 0.5) is 9.52 Å². The number of aliphatic hydroxyl groups is 1. The van der Waals surface area contributed by atoms with E-state index in [0.717, 1.165) is 16.9 Å². The number of rotatable bonds is 3. The molecule has 1 atom stereocenters. The smallest absolute Gasteiger partial charge is 0.301 e. The lowest BCUT2D eigenvalue weighted by molar-refractivity contribution is -0.132. The largest absolute Gasteiger partial charge is 0.507 e. The molecule has 0 bridgehead atoms. The van der Waals surface area contributed by atoms with E-state index in [2.05, 4.69) is 31.0 Å². The Bertz CT molecular complexity index is 1160. The van der Waals surface area contributed by atoms with Crippen LogP contribution in [0, 0.1) is 5.82 Å². The number of Topliss-reactive ketones (excluding diaryl/α,β-unsaturated/α-hetero) is 1. The van der Waals surface area contributed by atoms with Gasteiger partial charge in [-0.1, -0.05) is 56.4 Å². The number of hydrogen-bond acceptors (Lipinski definition) is 6. The summed E-state index contributed by atoms with van der Waals surface area (Å²) in [6.07, 6.45) is 0. The highest BCUT2D eigenvalue weighted by Gasteiger charge is 2.48. The Morgan fingerprint density at radius 2 is 1.71 bits per heavy atom. The van der Waals surface area contributed by atoms with Gasteiger partial charge in [0.25, 0.3) is 5.78 Å². The van der Waals surface area contributed by atoms with Gasteiger partial charge in [0.1, 0.15) is 17.1 Å². The summed E-state index contributed by atoms with van der Waals surface area (Å²) in [5.41, 5.74) is 3.29. The summed E-state index contributed by atoms with van der Waals surface area (Å²) in [6.45, 7) is 6.26. The standard InChI is InChI=1S/C23H20FN3O3S/c1-23(2,3)15-8-4-13(5-9-15)18-17(19(28)14-6-10-16(24)11-7-14)20(29)21(30)27(18)22-26-25-12-31-22/h4-12,18,28H,1-3H3. The summed E-state index contributed by atoms with van der Waals surface area (Å²) in [4.78, 5) is 27.2. The lowest BCUT2D eigenvalue weighted by atomic mass is 9.85. The first kappa shape index (κ1) is 20.9. The van der Waals surface area contributed by atoms with Crippen LogP contribution in [0.25, 0.3) is 5.76 Å². The number of halogens is 1. The third kappa shape index (κ3) is 3.74. The van der Waals surface area contributed by atoms with E-state index in [4.69, 9.17) is 0 Å². The van der Waals surface area contributed by atoms with Crippen LogP contribution in [-0.4, -0.2) is 27.0 Å². The molecule has 158 valence electrons. The van der Waals surface area contributed by atoms with Crippen LogP contribution in [0.3, 0.4) is 0 Å². The van der Waals surface area contributed by atoms with E-state index in [-0.39, 0.29) is 27.4 Å². The van der Waals surface area contributed by atoms with Crippen molar-refractivity contribution in [2.45, 2.75) is 32.2 Å². The molecule has 8 heteroatoms. The first-order valence-corrected chi connectivity index (χ1v) is 10.5. The molecular weight excluding hydrogens is 417 g/mol. The predicted molar refractivity (Wildman–Crippen MR) is 116 cm³/mol. The lowest BCUT2D eigenvalue weighted by Gasteiger charge is -2.24. The van der Waals surface area contributed by atoms with E-state index >= 15 is 0 Å². The van der Waals surface area contributed by atoms with Gasteiger partial charge in [-0.05, 0) is 40.8 Å². The summed E-state index contributed by atoms with van der Waals surface area (Å²) in [7, 11) is 0. The van der Waals surface area contributed by atoms with Crippen molar-refractivity contribution in [2.75, 3.05) is 4.90 Å². The van der Waals surface area contributed by atoms with Gasteiger partial charge in [-0.3, -0.25) is 14.5 Å². The molecule has 1 unspecified atom stereocenters. The third-order valence-electron chi connectivity index (χ3n) is 5.21. The zero-order valence-corrected chi connectivity index (χ0v) is 18.0. The summed E-state index contributed by atoms with van der Waals surface area (Å²) in [6, 6.07) is 11.8. The maximum absolute atomic E-state index is 13.3. The zero-order chi connectivity index (χ0) is 22.3. The lowest BCUT2D eigenvalue weighted by Crippen LogP contribution is -2.29. The summed E-state index contributed by atoms with van der Waals surface area (Å²) in [5, 5.41) is 19.0. The van der Waals surface area contributed by atoms with Crippen molar-refractivity contribution < 1.29 is 19.1 Å². The third-order valence-corrected chi connectivity index (χ3v) is 5.90. The molecule has 2 heterocycles. The average Bonchev–Trinajstić information content (AvgIpc) is 3.34. The number of ketones is 1. The maximum atomic E-state index is 13.3. The van der Waals surface area contributed by atoms with Crippen LogP contribution in [-0.2, 0) is 15.0 Å². The molecule has 6 nitrogen and oxygen atoms in total. The molecule has 1 saturated heterocycles. The van der Waals surface area contributed by atoms with Crippen molar-refractivity contribution in [3.63, 3.8) is 0 Å². The molecule has 2 aromatic carbocycles. The van der Waals surface area contributed by atoms with E-state index in [1.165, 1.54) is 34.7 Å². The Morgan fingerprint density at radius 3 is 2.26 bits per heavy atom. The van der Waals surface area contributed by atoms with Crippen LogP contribution in [0.2, 0.25) is 0 Å². The van der Waals surface area contributed by atoms with E-state index in [0.29, 0.717) is 5.56 Å². The predicted octanol–water partition coefficient (Wildman–Crippen LogP) is 4.60. The Balaban J connectivity index is 1.90. The van der Waals surface area contributed by atoms with Gasteiger partial charge in [0.2, 0.25) is 5.13 Å². The maximum Gasteiger partial charge on any atom is 0.301 e. The summed E-state index contributed by atoms with van der Waals surface area (Å²) >= 11 is 1.12. The molecule has 1 aliphatic heterocycles. The normalized spacial score (nSPS) is 18.6. The molecule has 0 aliphatic carbocycles. The van der Waals surface area contributed by atoms with Crippen LogP contribution < -0.4 is 4.90 Å². The van der Waals surface area contributed by atoms with Crippen LogP contribution in [0.5, 0.6) is 0 Å². The number of aromatic nitrogens is 2. The molecule has 0 spiro atoms. The fraction of sp³-hybridized carbons (Fsp3) is 0.217. The van der Waals surface area contributed by atoms with Crippen LogP contribution in [0.1, 0.15) is 43.5 Å². The molecule has 1 aliphatic rings. The molecule has 1 N–H and O–H groups in total. The second-order valence-electron chi connectivity index (χ2n) is 8.27. The molecule has 31 heavy (non-hydrogen) atoms. The van der Waals surface area contributed by atoms with Crippen molar-refractivity contribution in [2.24, 2.45) is 0 Å². The van der Waals surface area contributed by atoms with Crippen molar-refractivity contribution in [3.05, 3.63) is 82.1 Å². The van der Waals surface area contributed by atoms with Gasteiger partial charge in [-0.25, -0.2) is 4.39 Å². The van der Waals surface area contributed by atoms with Gasteiger partial charge >= 0.3 is 5.91 Å². The second kappa shape index (κ2) is 7.70. The number of carbonyl (C=O) groups is 2. The van der Waals surface area contributed by atoms with Gasteiger partial charge in [0.05, 0.1) is 11.6 Å². The number of anilines is 1. The number of carbonyl (C=O) groups excluding carboxylic acids is 2. The highest BCUT2D eigenvalue weighted by Crippen LogP contribution is 2.42. The monoisotopic (exact) mass is 437 g/mol. The summed E-state index contributed by atoms with van der Waals surface area (Å²) in [5.74, 6) is -2.47. The van der Waals surface area contributed by atoms with Crippen molar-refractivity contribution in [1.29, 1.82) is 0 Å². The van der Waals surface area contributed by atoms with Gasteiger partial charge in [0, 0.05) is 5.56 Å². The highest BCUT2D eigenvalue weighted by atomic mass is 32.1. The quantitative estimate of drug-likeness (QED) is 0.368. The van der Waals surface area contributed by atoms with E-state index < -0.39 is 23.5 Å². The Kier molecular flexibility index (Phi) is 5.18. The second-order valence-corrected chi connectivity index (χ2v) is 9.08. The van der Waals surface area contributed by atoms with E-state index in [9.17, 15) is 19.1 Å². The Hall–Kier alpha value is -3.39. The van der Waals surface area contributed by atoms with Gasteiger partial charge in [-0.2, -0.15) is 0 Å². The number of benzene rings is 2. The Morgan fingerprint density at radius 1 is 1.06 bits per heavy atom. The Labute approximate surface area is 182 Å². The molecule has 1 aromatic heterocycles. The fourth-order valence-electron chi connectivity index (χ4n) is 3.55. The average molecular weight is 437 g/mol. The molecule has 3 aromatic rings. The van der Waals surface area contributed by atoms with Gasteiger partial charge in [0.15, 0.2) is 0 Å². The molecule has 0 saturated carbocycles. The van der Waals surface area contributed by atoms with E-state index in [1.807, 2.05) is 24.3 Å². The fourth-order valence-corrected chi connectivity index (χ4v) is 4.13. The molecule has 1 fully saturated rings. The van der Waals surface area contributed by atoms with Crippen LogP contribution >= 0.6 is 11.3 Å². The SMILES string of the molecule is CC(C)(C)c1ccc(C2C(=C(O)c3ccc(F)cc3)C(=O)C(=O)N2c2nncs2)cc1. The molecular formula is C23H20FN3O3S. The van der Waals surface area contributed by atoms with E-state index in [1.54, 1.807) is 0 Å². The molecule has 1 amide bonds. The number of amides is 1. The summed E-state index contributed by atoms with van der Waals surface area (Å²) < 4.78 is 13.3. The number of nitrogens with zero attached hydrogens (tertiary/aromatic N) is 3. The molecule has 0 radical (unpaired) electrons. The first-order valence-electron chi connectivity index (χ1n) is 9.62. The zero-order valence-electron chi connectivity index (χ0n) is 17.2. The van der Waals surface area contributed by atoms with Crippen molar-refractivity contribution in [1.82, 2.24) is 10.2 Å².